The highest BCUT2D eigenvalue weighted by Crippen LogP contribution is 2.15. The standard InChI is InChI=1S/C9H11IN4S/c1-3-7-4-6(13-15-7)5-8-9(10)12-14(2)11-8/h4H,3,5H2,1-2H3. The van der Waals surface area contributed by atoms with Crippen molar-refractivity contribution >= 4 is 34.1 Å². The highest BCUT2D eigenvalue weighted by molar-refractivity contribution is 14.1. The molecular weight excluding hydrogens is 323 g/mol. The van der Waals surface area contributed by atoms with E-state index >= 15 is 0 Å². The molecule has 2 rings (SSSR count). The molecule has 0 spiro atoms. The average Bonchev–Trinajstić information content (AvgIpc) is 2.75. The smallest absolute Gasteiger partial charge is 0.147 e. The lowest BCUT2D eigenvalue weighted by molar-refractivity contribution is 0.644. The number of hydrogen-bond acceptors (Lipinski definition) is 4. The second kappa shape index (κ2) is 4.56. The third kappa shape index (κ3) is 2.54. The molecule has 2 aromatic heterocycles. The van der Waals surface area contributed by atoms with Gasteiger partial charge in [0.1, 0.15) is 9.39 Å². The molecule has 6 heteroatoms. The van der Waals surface area contributed by atoms with Crippen molar-refractivity contribution in [2.24, 2.45) is 7.05 Å². The van der Waals surface area contributed by atoms with E-state index in [1.807, 2.05) is 7.05 Å². The summed E-state index contributed by atoms with van der Waals surface area (Å²) < 4.78 is 5.35. The Balaban J connectivity index is 2.17. The van der Waals surface area contributed by atoms with Crippen LogP contribution in [0.25, 0.3) is 0 Å². The van der Waals surface area contributed by atoms with Crippen LogP contribution in [0.5, 0.6) is 0 Å². The quantitative estimate of drug-likeness (QED) is 0.807. The first kappa shape index (κ1) is 11.0. The van der Waals surface area contributed by atoms with E-state index in [0.717, 1.165) is 27.9 Å². The fourth-order valence-electron chi connectivity index (χ4n) is 1.31. The Morgan fingerprint density at radius 2 is 2.27 bits per heavy atom. The zero-order chi connectivity index (χ0) is 10.8. The Labute approximate surface area is 106 Å². The molecular formula is C9H11IN4S. The molecule has 0 aliphatic carbocycles. The van der Waals surface area contributed by atoms with Gasteiger partial charge in [0.15, 0.2) is 0 Å². The molecule has 0 saturated carbocycles. The van der Waals surface area contributed by atoms with Gasteiger partial charge in [-0.25, -0.2) is 0 Å². The van der Waals surface area contributed by atoms with Crippen molar-refractivity contribution in [2.75, 3.05) is 0 Å². The maximum Gasteiger partial charge on any atom is 0.147 e. The van der Waals surface area contributed by atoms with Crippen LogP contribution in [0, 0.1) is 3.70 Å². The first-order valence-electron chi connectivity index (χ1n) is 4.69. The van der Waals surface area contributed by atoms with E-state index in [2.05, 4.69) is 50.2 Å². The molecule has 0 aliphatic rings. The lowest BCUT2D eigenvalue weighted by Crippen LogP contribution is -1.94. The number of halogens is 1. The summed E-state index contributed by atoms with van der Waals surface area (Å²) in [5.74, 6) is 0. The summed E-state index contributed by atoms with van der Waals surface area (Å²) in [5, 5.41) is 8.51. The molecule has 0 aromatic carbocycles. The van der Waals surface area contributed by atoms with Gasteiger partial charge >= 0.3 is 0 Å². The molecule has 2 aromatic rings. The van der Waals surface area contributed by atoms with Gasteiger partial charge in [0.25, 0.3) is 0 Å². The predicted molar refractivity (Wildman–Crippen MR) is 68.0 cm³/mol. The molecule has 0 aliphatic heterocycles. The summed E-state index contributed by atoms with van der Waals surface area (Å²) in [6, 6.07) is 2.15. The number of rotatable bonds is 3. The van der Waals surface area contributed by atoms with Crippen LogP contribution < -0.4 is 0 Å². The Bertz CT molecular complexity index is 462. The molecule has 0 unspecified atom stereocenters. The molecule has 0 atom stereocenters. The van der Waals surface area contributed by atoms with Gasteiger partial charge in [0.05, 0.1) is 5.69 Å². The van der Waals surface area contributed by atoms with Gasteiger partial charge in [-0.1, -0.05) is 6.92 Å². The fourth-order valence-corrected chi connectivity index (χ4v) is 2.59. The highest BCUT2D eigenvalue weighted by Gasteiger charge is 2.09. The fraction of sp³-hybridized carbons (Fsp3) is 0.444. The lowest BCUT2D eigenvalue weighted by atomic mass is 10.2. The normalized spacial score (nSPS) is 10.9. The van der Waals surface area contributed by atoms with Gasteiger partial charge in [-0.3, -0.25) is 0 Å². The molecule has 0 fully saturated rings. The summed E-state index contributed by atoms with van der Waals surface area (Å²) >= 11 is 3.78. The van der Waals surface area contributed by atoms with Crippen molar-refractivity contribution in [1.29, 1.82) is 0 Å². The maximum absolute atomic E-state index is 4.39. The van der Waals surface area contributed by atoms with Crippen molar-refractivity contribution in [2.45, 2.75) is 19.8 Å². The Hall–Kier alpha value is -0.500. The van der Waals surface area contributed by atoms with Gasteiger partial charge in [-0.2, -0.15) is 14.3 Å². The molecule has 0 saturated heterocycles. The van der Waals surface area contributed by atoms with Crippen LogP contribution in [-0.4, -0.2) is 19.4 Å². The number of hydrogen-bond donors (Lipinski definition) is 0. The minimum atomic E-state index is 0.780. The molecule has 80 valence electrons. The van der Waals surface area contributed by atoms with Crippen LogP contribution in [0.1, 0.15) is 23.2 Å². The van der Waals surface area contributed by atoms with E-state index in [1.165, 1.54) is 4.88 Å². The zero-order valence-corrected chi connectivity index (χ0v) is 11.5. The third-order valence-electron chi connectivity index (χ3n) is 2.04. The van der Waals surface area contributed by atoms with Gasteiger partial charge in [0, 0.05) is 18.3 Å². The monoisotopic (exact) mass is 334 g/mol. The third-order valence-corrected chi connectivity index (χ3v) is 3.85. The van der Waals surface area contributed by atoms with Gasteiger partial charge < -0.3 is 0 Å². The molecule has 0 radical (unpaired) electrons. The number of nitrogens with zero attached hydrogens (tertiary/aromatic N) is 4. The van der Waals surface area contributed by atoms with Crippen molar-refractivity contribution in [3.05, 3.63) is 26.0 Å². The van der Waals surface area contributed by atoms with E-state index in [1.54, 1.807) is 16.3 Å². The number of aromatic nitrogens is 4. The van der Waals surface area contributed by atoms with Gasteiger partial charge in [-0.05, 0) is 46.6 Å². The van der Waals surface area contributed by atoms with E-state index < -0.39 is 0 Å². The van der Waals surface area contributed by atoms with Crippen molar-refractivity contribution in [3.63, 3.8) is 0 Å². The predicted octanol–water partition coefficient (Wildman–Crippen LogP) is 2.03. The minimum Gasteiger partial charge on any atom is -0.197 e. The number of aryl methyl sites for hydroxylation is 2. The maximum atomic E-state index is 4.39. The summed E-state index contributed by atoms with van der Waals surface area (Å²) in [6.07, 6.45) is 1.83. The second-order valence-corrected chi connectivity index (χ2v) is 5.15. The first-order chi connectivity index (χ1) is 7.19. The highest BCUT2D eigenvalue weighted by atomic mass is 127. The van der Waals surface area contributed by atoms with Crippen LogP contribution >= 0.6 is 34.1 Å². The summed E-state index contributed by atoms with van der Waals surface area (Å²) in [7, 11) is 1.84. The Morgan fingerprint density at radius 3 is 2.80 bits per heavy atom. The van der Waals surface area contributed by atoms with E-state index in [-0.39, 0.29) is 0 Å². The second-order valence-electron chi connectivity index (χ2n) is 3.24. The van der Waals surface area contributed by atoms with Crippen molar-refractivity contribution in [1.82, 2.24) is 19.4 Å². The van der Waals surface area contributed by atoms with Crippen LogP contribution in [-0.2, 0) is 19.9 Å². The summed E-state index contributed by atoms with van der Waals surface area (Å²) in [5.41, 5.74) is 2.10. The SMILES string of the molecule is CCc1cc(Cc2nn(C)nc2I)ns1. The summed E-state index contributed by atoms with van der Waals surface area (Å²) in [6.45, 7) is 2.14. The molecule has 4 nitrogen and oxygen atoms in total. The van der Waals surface area contributed by atoms with Crippen molar-refractivity contribution < 1.29 is 0 Å². The van der Waals surface area contributed by atoms with E-state index in [0.29, 0.717) is 0 Å². The molecule has 15 heavy (non-hydrogen) atoms. The molecule has 0 bridgehead atoms. The average molecular weight is 334 g/mol. The minimum absolute atomic E-state index is 0.780. The summed E-state index contributed by atoms with van der Waals surface area (Å²) in [4.78, 5) is 2.92. The zero-order valence-electron chi connectivity index (χ0n) is 8.57. The molecule has 2 heterocycles. The van der Waals surface area contributed by atoms with Gasteiger partial charge in [0.2, 0.25) is 0 Å². The first-order valence-corrected chi connectivity index (χ1v) is 6.54. The van der Waals surface area contributed by atoms with Gasteiger partial charge in [-0.15, -0.1) is 5.10 Å². The van der Waals surface area contributed by atoms with Crippen LogP contribution in [0.15, 0.2) is 6.07 Å². The van der Waals surface area contributed by atoms with Crippen molar-refractivity contribution in [3.8, 4) is 0 Å². The Morgan fingerprint density at radius 1 is 1.47 bits per heavy atom. The largest absolute Gasteiger partial charge is 0.197 e. The van der Waals surface area contributed by atoms with Crippen LogP contribution in [0.3, 0.4) is 0 Å². The van der Waals surface area contributed by atoms with E-state index in [4.69, 9.17) is 0 Å². The topological polar surface area (TPSA) is 43.6 Å². The van der Waals surface area contributed by atoms with E-state index in [9.17, 15) is 0 Å². The van der Waals surface area contributed by atoms with Crippen LogP contribution in [0.2, 0.25) is 0 Å². The lowest BCUT2D eigenvalue weighted by Gasteiger charge is -1.90. The molecule has 0 N–H and O–H groups in total. The van der Waals surface area contributed by atoms with Crippen LogP contribution in [0.4, 0.5) is 0 Å². The Kier molecular flexibility index (Phi) is 3.35. The molecule has 0 amide bonds.